The Morgan fingerprint density at radius 2 is 2.08 bits per heavy atom. The zero-order chi connectivity index (χ0) is 17.1. The number of carbonyl (C=O) groups is 1. The fraction of sp³-hybridized carbons (Fsp3) is 0.188. The number of thioether (sulfide) groups is 1. The van der Waals surface area contributed by atoms with Crippen LogP contribution >= 0.6 is 35.0 Å². The Morgan fingerprint density at radius 3 is 2.88 bits per heavy atom. The van der Waals surface area contributed by atoms with E-state index in [-0.39, 0.29) is 11.7 Å². The van der Waals surface area contributed by atoms with Crippen LogP contribution in [0.1, 0.15) is 11.1 Å². The standard InChI is InChI=1S/C16H14Cl2N4OS/c1-10-4-2-3-5-11(10)7-19-14(23)9-24-16-21-20-15-13(18)6-12(17)8-22(15)16/h2-6,8H,7,9H2,1H3,(H,19,23). The number of pyridine rings is 1. The maximum atomic E-state index is 12.1. The van der Waals surface area contributed by atoms with Gasteiger partial charge in [-0.05, 0) is 24.1 Å². The minimum Gasteiger partial charge on any atom is -0.351 e. The number of nitrogens with zero attached hydrogens (tertiary/aromatic N) is 3. The van der Waals surface area contributed by atoms with Gasteiger partial charge in [0.15, 0.2) is 10.8 Å². The van der Waals surface area contributed by atoms with E-state index in [1.54, 1.807) is 16.7 Å². The number of amides is 1. The third-order valence-corrected chi connectivity index (χ3v) is 4.89. The third kappa shape index (κ3) is 3.83. The number of fused-ring (bicyclic) bond motifs is 1. The van der Waals surface area contributed by atoms with Crippen molar-refractivity contribution in [3.8, 4) is 0 Å². The minimum absolute atomic E-state index is 0.0758. The average molecular weight is 381 g/mol. The van der Waals surface area contributed by atoms with Gasteiger partial charge in [-0.25, -0.2) is 0 Å². The van der Waals surface area contributed by atoms with Gasteiger partial charge in [0.05, 0.1) is 15.8 Å². The second-order valence-electron chi connectivity index (χ2n) is 5.17. The first-order chi connectivity index (χ1) is 11.5. The van der Waals surface area contributed by atoms with E-state index >= 15 is 0 Å². The summed E-state index contributed by atoms with van der Waals surface area (Å²) in [4.78, 5) is 12.1. The zero-order valence-corrected chi connectivity index (χ0v) is 15.1. The van der Waals surface area contributed by atoms with Gasteiger partial charge < -0.3 is 5.32 Å². The molecule has 8 heteroatoms. The summed E-state index contributed by atoms with van der Waals surface area (Å²) in [6.07, 6.45) is 1.68. The predicted molar refractivity (Wildman–Crippen MR) is 96.8 cm³/mol. The van der Waals surface area contributed by atoms with Crippen molar-refractivity contribution in [1.82, 2.24) is 19.9 Å². The fourth-order valence-corrected chi connectivity index (χ4v) is 3.43. The Balaban J connectivity index is 1.62. The summed E-state index contributed by atoms with van der Waals surface area (Å²) in [7, 11) is 0. The number of halogens is 2. The molecule has 1 aromatic carbocycles. The molecule has 0 radical (unpaired) electrons. The molecule has 0 fully saturated rings. The van der Waals surface area contributed by atoms with E-state index in [4.69, 9.17) is 23.2 Å². The normalized spacial score (nSPS) is 11.0. The highest BCUT2D eigenvalue weighted by atomic mass is 35.5. The van der Waals surface area contributed by atoms with Gasteiger partial charge in [-0.2, -0.15) is 0 Å². The van der Waals surface area contributed by atoms with Gasteiger partial charge in [0.1, 0.15) is 0 Å². The van der Waals surface area contributed by atoms with Gasteiger partial charge in [0.25, 0.3) is 0 Å². The van der Waals surface area contributed by atoms with Crippen molar-refractivity contribution in [2.45, 2.75) is 18.6 Å². The lowest BCUT2D eigenvalue weighted by Crippen LogP contribution is -2.25. The highest BCUT2D eigenvalue weighted by Gasteiger charge is 2.12. The van der Waals surface area contributed by atoms with Crippen LogP contribution in [-0.4, -0.2) is 26.3 Å². The molecule has 1 amide bonds. The average Bonchev–Trinajstić information content (AvgIpc) is 2.95. The monoisotopic (exact) mass is 380 g/mol. The molecule has 2 aromatic heterocycles. The van der Waals surface area contributed by atoms with Gasteiger partial charge in [-0.1, -0.05) is 59.2 Å². The zero-order valence-electron chi connectivity index (χ0n) is 12.8. The molecule has 0 atom stereocenters. The maximum absolute atomic E-state index is 12.1. The highest BCUT2D eigenvalue weighted by Crippen LogP contribution is 2.25. The van der Waals surface area contributed by atoms with Gasteiger partial charge in [-0.3, -0.25) is 9.20 Å². The van der Waals surface area contributed by atoms with Crippen molar-refractivity contribution in [3.05, 3.63) is 57.7 Å². The van der Waals surface area contributed by atoms with Crippen LogP contribution in [0.2, 0.25) is 10.0 Å². The number of benzene rings is 1. The maximum Gasteiger partial charge on any atom is 0.230 e. The van der Waals surface area contributed by atoms with Crippen molar-refractivity contribution in [1.29, 1.82) is 0 Å². The van der Waals surface area contributed by atoms with E-state index in [9.17, 15) is 4.79 Å². The molecular weight excluding hydrogens is 367 g/mol. The second-order valence-corrected chi connectivity index (χ2v) is 6.96. The number of hydrogen-bond acceptors (Lipinski definition) is 4. The van der Waals surface area contributed by atoms with Crippen molar-refractivity contribution in [2.24, 2.45) is 0 Å². The number of aromatic nitrogens is 3. The first-order valence-corrected chi connectivity index (χ1v) is 8.92. The molecule has 0 saturated heterocycles. The van der Waals surface area contributed by atoms with Crippen LogP contribution in [0.3, 0.4) is 0 Å². The molecular formula is C16H14Cl2N4OS. The smallest absolute Gasteiger partial charge is 0.230 e. The lowest BCUT2D eigenvalue weighted by Gasteiger charge is -2.07. The molecule has 124 valence electrons. The molecule has 2 heterocycles. The fourth-order valence-electron chi connectivity index (χ4n) is 2.18. The van der Waals surface area contributed by atoms with Gasteiger partial charge in [0.2, 0.25) is 5.91 Å². The largest absolute Gasteiger partial charge is 0.351 e. The molecule has 0 bridgehead atoms. The van der Waals surface area contributed by atoms with E-state index < -0.39 is 0 Å². The van der Waals surface area contributed by atoms with Crippen LogP contribution in [0, 0.1) is 6.92 Å². The van der Waals surface area contributed by atoms with Crippen LogP contribution in [0.15, 0.2) is 41.7 Å². The van der Waals surface area contributed by atoms with Crippen molar-refractivity contribution < 1.29 is 4.79 Å². The van der Waals surface area contributed by atoms with Crippen molar-refractivity contribution in [3.63, 3.8) is 0 Å². The van der Waals surface area contributed by atoms with Gasteiger partial charge in [0, 0.05) is 12.7 Å². The first-order valence-electron chi connectivity index (χ1n) is 7.18. The van der Waals surface area contributed by atoms with Crippen molar-refractivity contribution in [2.75, 3.05) is 5.75 Å². The molecule has 0 saturated carbocycles. The van der Waals surface area contributed by atoms with Crippen LogP contribution < -0.4 is 5.32 Å². The molecule has 0 unspecified atom stereocenters. The molecule has 0 spiro atoms. The van der Waals surface area contributed by atoms with E-state index in [0.29, 0.717) is 27.4 Å². The molecule has 0 aliphatic rings. The van der Waals surface area contributed by atoms with Crippen LogP contribution in [0.25, 0.3) is 5.65 Å². The summed E-state index contributed by atoms with van der Waals surface area (Å²) in [6.45, 7) is 2.52. The molecule has 5 nitrogen and oxygen atoms in total. The Labute approximate surface area is 153 Å². The number of aryl methyl sites for hydroxylation is 1. The Bertz CT molecular complexity index is 897. The number of nitrogens with one attached hydrogen (secondary N) is 1. The Kier molecular flexibility index (Phi) is 5.28. The number of carbonyl (C=O) groups excluding carboxylic acids is 1. The summed E-state index contributed by atoms with van der Waals surface area (Å²) in [6, 6.07) is 9.56. The summed E-state index contributed by atoms with van der Waals surface area (Å²) in [5.74, 6) is 0.157. The van der Waals surface area contributed by atoms with E-state index in [2.05, 4.69) is 15.5 Å². The second kappa shape index (κ2) is 7.42. The topological polar surface area (TPSA) is 59.3 Å². The van der Waals surface area contributed by atoms with Crippen LogP contribution in [-0.2, 0) is 11.3 Å². The summed E-state index contributed by atoms with van der Waals surface area (Å²) < 4.78 is 1.68. The lowest BCUT2D eigenvalue weighted by atomic mass is 10.1. The van der Waals surface area contributed by atoms with Gasteiger partial charge >= 0.3 is 0 Å². The van der Waals surface area contributed by atoms with Crippen LogP contribution in [0.4, 0.5) is 0 Å². The molecule has 24 heavy (non-hydrogen) atoms. The van der Waals surface area contributed by atoms with Gasteiger partial charge in [-0.15, -0.1) is 10.2 Å². The highest BCUT2D eigenvalue weighted by molar-refractivity contribution is 7.99. The molecule has 1 N–H and O–H groups in total. The Morgan fingerprint density at radius 1 is 1.29 bits per heavy atom. The molecule has 0 aliphatic heterocycles. The van der Waals surface area contributed by atoms with E-state index in [1.165, 1.54) is 11.8 Å². The SMILES string of the molecule is Cc1ccccc1CNC(=O)CSc1nnc2c(Cl)cc(Cl)cn12. The predicted octanol–water partition coefficient (Wildman–Crippen LogP) is 3.75. The number of rotatable bonds is 5. The van der Waals surface area contributed by atoms with E-state index in [0.717, 1.165) is 11.1 Å². The summed E-state index contributed by atoms with van der Waals surface area (Å²) in [5, 5.41) is 12.4. The molecule has 0 aliphatic carbocycles. The lowest BCUT2D eigenvalue weighted by molar-refractivity contribution is -0.118. The van der Waals surface area contributed by atoms with Crippen LogP contribution in [0.5, 0.6) is 0 Å². The first kappa shape index (κ1) is 17.1. The molecule has 3 aromatic rings. The summed E-state index contributed by atoms with van der Waals surface area (Å²) >= 11 is 13.4. The van der Waals surface area contributed by atoms with Crippen molar-refractivity contribution >= 4 is 46.5 Å². The quantitative estimate of drug-likeness (QED) is 0.684. The van der Waals surface area contributed by atoms with E-state index in [1.807, 2.05) is 31.2 Å². The number of hydrogen-bond donors (Lipinski definition) is 1. The molecule has 3 rings (SSSR count). The summed E-state index contributed by atoms with van der Waals surface area (Å²) in [5.41, 5.74) is 2.77. The minimum atomic E-state index is -0.0758. The third-order valence-electron chi connectivity index (χ3n) is 3.46. The Hall–Kier alpha value is -1.76.